The van der Waals surface area contributed by atoms with Gasteiger partial charge in [-0.05, 0) is 61.2 Å². The Balaban J connectivity index is 1.38. The number of nitrogens with one attached hydrogen (secondary N) is 3. The van der Waals surface area contributed by atoms with Crippen LogP contribution in [0, 0.1) is 11.6 Å². The van der Waals surface area contributed by atoms with Gasteiger partial charge in [-0.2, -0.15) is 0 Å². The zero-order valence-electron chi connectivity index (χ0n) is 26.0. The molecule has 1 atom stereocenters. The molecule has 0 spiro atoms. The molecule has 0 saturated carbocycles. The van der Waals surface area contributed by atoms with Crippen molar-refractivity contribution in [2.45, 2.75) is 38.3 Å². The Bertz CT molecular complexity index is 1610. The number of benzene rings is 3. The summed E-state index contributed by atoms with van der Waals surface area (Å²) in [6, 6.07) is 17.7. The van der Waals surface area contributed by atoms with Crippen molar-refractivity contribution in [3.8, 4) is 0 Å². The molecule has 248 valence electrons. The number of likely N-dealkylation sites (tertiary alicyclic amines) is 1. The monoisotopic (exact) mass is 757 g/mol. The topological polar surface area (TPSA) is 126 Å². The van der Waals surface area contributed by atoms with Crippen LogP contribution in [0.2, 0.25) is 0 Å². The van der Waals surface area contributed by atoms with E-state index in [9.17, 15) is 18.8 Å². The van der Waals surface area contributed by atoms with Crippen LogP contribution in [0.25, 0.3) is 0 Å². The van der Waals surface area contributed by atoms with Crippen LogP contribution in [0.5, 0.6) is 0 Å². The number of urea groups is 1. The van der Waals surface area contributed by atoms with Gasteiger partial charge in [-0.3, -0.25) is 9.69 Å². The number of amides is 3. The highest BCUT2D eigenvalue weighted by Crippen LogP contribution is 2.30. The Labute approximate surface area is 286 Å². The highest BCUT2D eigenvalue weighted by molar-refractivity contribution is 14.1. The molecule has 0 bridgehead atoms. The molecule has 3 aromatic carbocycles. The van der Waals surface area contributed by atoms with Crippen molar-refractivity contribution in [2.24, 2.45) is 5.73 Å². The third-order valence-electron chi connectivity index (χ3n) is 7.72. The first-order chi connectivity index (χ1) is 22.6. The van der Waals surface area contributed by atoms with E-state index < -0.39 is 29.7 Å². The summed E-state index contributed by atoms with van der Waals surface area (Å²) in [7, 11) is 0. The van der Waals surface area contributed by atoms with Gasteiger partial charge in [-0.1, -0.05) is 77.2 Å². The zero-order valence-corrected chi connectivity index (χ0v) is 28.1. The summed E-state index contributed by atoms with van der Waals surface area (Å²) < 4.78 is 34.5. The molecule has 1 saturated heterocycles. The van der Waals surface area contributed by atoms with E-state index in [1.54, 1.807) is 30.3 Å². The Morgan fingerprint density at radius 2 is 1.79 bits per heavy atom. The third kappa shape index (κ3) is 10.6. The van der Waals surface area contributed by atoms with E-state index in [4.69, 9.17) is 10.5 Å². The van der Waals surface area contributed by atoms with Gasteiger partial charge in [0, 0.05) is 47.1 Å². The van der Waals surface area contributed by atoms with Gasteiger partial charge in [0.05, 0.1) is 11.6 Å². The standard InChI is InChI=1S/C35H38F2IN5O4/c1-23(44)41-28-10-5-9-26(19-28)25-13-17-43(18-14-25)16-6-15-40-35(46)42-33(29-12-11-27(36)20-30(29)37)32(31(39)21-38)34(45)47-22-24-7-3-2-4-8-24/h2-12,15,19-20,25,33H,13-14,16-18,21-22,39H2,1H3,(H,41,44)(H2,40,42,46)/b15-6+,32-31+. The van der Waals surface area contributed by atoms with Crippen LogP contribution in [0.1, 0.15) is 48.4 Å². The Morgan fingerprint density at radius 1 is 1.04 bits per heavy atom. The number of rotatable bonds is 12. The van der Waals surface area contributed by atoms with Gasteiger partial charge in [-0.15, -0.1) is 0 Å². The number of piperidine rings is 1. The zero-order chi connectivity index (χ0) is 33.8. The number of hydrogen-bond donors (Lipinski definition) is 4. The number of alkyl halides is 1. The molecule has 1 aliphatic rings. The lowest BCUT2D eigenvalue weighted by Crippen LogP contribution is -2.39. The van der Waals surface area contributed by atoms with E-state index in [2.05, 4.69) is 26.9 Å². The van der Waals surface area contributed by atoms with Crippen LogP contribution in [0.3, 0.4) is 0 Å². The molecule has 1 aliphatic heterocycles. The second kappa shape index (κ2) is 17.6. The van der Waals surface area contributed by atoms with Gasteiger partial charge >= 0.3 is 12.0 Å². The number of carbonyl (C=O) groups is 3. The van der Waals surface area contributed by atoms with Crippen LogP contribution >= 0.6 is 22.6 Å². The van der Waals surface area contributed by atoms with E-state index in [1.165, 1.54) is 18.7 Å². The molecular weight excluding hydrogens is 719 g/mol. The summed E-state index contributed by atoms with van der Waals surface area (Å²) in [5, 5.41) is 8.06. The lowest BCUT2D eigenvalue weighted by molar-refractivity contribution is -0.140. The molecule has 1 fully saturated rings. The van der Waals surface area contributed by atoms with Gasteiger partial charge in [-0.25, -0.2) is 18.4 Å². The van der Waals surface area contributed by atoms with Gasteiger partial charge in [0.15, 0.2) is 0 Å². The number of nitrogens with two attached hydrogens (primary N) is 1. The van der Waals surface area contributed by atoms with Crippen LogP contribution < -0.4 is 21.7 Å². The lowest BCUT2D eigenvalue weighted by Gasteiger charge is -2.31. The van der Waals surface area contributed by atoms with Gasteiger partial charge in [0.1, 0.15) is 18.2 Å². The van der Waals surface area contributed by atoms with Crippen LogP contribution in [0.15, 0.2) is 96.3 Å². The molecule has 1 unspecified atom stereocenters. The van der Waals surface area contributed by atoms with Crippen LogP contribution in [-0.4, -0.2) is 46.9 Å². The van der Waals surface area contributed by atoms with Crippen molar-refractivity contribution in [2.75, 3.05) is 29.4 Å². The maximum atomic E-state index is 15.0. The fourth-order valence-electron chi connectivity index (χ4n) is 5.38. The molecule has 0 aliphatic carbocycles. The van der Waals surface area contributed by atoms with E-state index in [0.717, 1.165) is 49.3 Å². The number of carbonyl (C=O) groups excluding carboxylic acids is 3. The summed E-state index contributed by atoms with van der Waals surface area (Å²) in [5.41, 5.74) is 8.73. The number of halogens is 3. The largest absolute Gasteiger partial charge is 0.457 e. The van der Waals surface area contributed by atoms with E-state index in [1.807, 2.05) is 46.9 Å². The second-order valence-corrected chi connectivity index (χ2v) is 11.9. The molecule has 3 aromatic rings. The molecule has 1 heterocycles. The average molecular weight is 758 g/mol. The second-order valence-electron chi connectivity index (χ2n) is 11.1. The maximum absolute atomic E-state index is 15.0. The summed E-state index contributed by atoms with van der Waals surface area (Å²) in [6.45, 7) is 3.72. The molecule has 9 nitrogen and oxygen atoms in total. The summed E-state index contributed by atoms with van der Waals surface area (Å²) in [6.07, 6.45) is 5.18. The lowest BCUT2D eigenvalue weighted by atomic mass is 9.89. The fourth-order valence-corrected chi connectivity index (χ4v) is 5.79. The first-order valence-corrected chi connectivity index (χ1v) is 16.7. The number of anilines is 1. The maximum Gasteiger partial charge on any atom is 0.338 e. The highest BCUT2D eigenvalue weighted by Gasteiger charge is 2.31. The van der Waals surface area contributed by atoms with Gasteiger partial charge in [0.2, 0.25) is 5.91 Å². The molecule has 12 heteroatoms. The van der Waals surface area contributed by atoms with Gasteiger partial charge < -0.3 is 26.4 Å². The molecular formula is C35H38F2IN5O4. The predicted molar refractivity (Wildman–Crippen MR) is 185 cm³/mol. The van der Waals surface area contributed by atoms with E-state index >= 15 is 4.39 Å². The number of allylic oxidation sites excluding steroid dienone is 1. The number of hydrogen-bond acceptors (Lipinski definition) is 6. The minimum absolute atomic E-state index is 0.0635. The molecule has 47 heavy (non-hydrogen) atoms. The summed E-state index contributed by atoms with van der Waals surface area (Å²) in [5.74, 6) is -2.32. The first-order valence-electron chi connectivity index (χ1n) is 15.2. The molecule has 0 radical (unpaired) electrons. The Kier molecular flexibility index (Phi) is 13.3. The predicted octanol–water partition coefficient (Wildman–Crippen LogP) is 6.05. The Morgan fingerprint density at radius 3 is 2.47 bits per heavy atom. The quantitative estimate of drug-likeness (QED) is 0.0773. The summed E-state index contributed by atoms with van der Waals surface area (Å²) >= 11 is 1.96. The SMILES string of the molecule is CC(=O)Nc1cccc(C2CCN(C/C=C/NC(=O)NC(/C(C(=O)OCc3ccccc3)=C(\N)CI)c3ccc(F)cc3F)CC2)c1. The average Bonchev–Trinajstić information content (AvgIpc) is 3.06. The molecule has 4 rings (SSSR count). The Hall–Kier alpha value is -4.30. The number of esters is 1. The third-order valence-corrected chi connectivity index (χ3v) is 8.54. The van der Waals surface area contributed by atoms with E-state index in [-0.39, 0.29) is 33.8 Å². The van der Waals surface area contributed by atoms with Crippen molar-refractivity contribution in [3.05, 3.63) is 125 Å². The highest BCUT2D eigenvalue weighted by atomic mass is 127. The minimum Gasteiger partial charge on any atom is -0.457 e. The molecule has 0 aromatic heterocycles. The normalized spacial score (nSPS) is 15.1. The van der Waals surface area contributed by atoms with Crippen molar-refractivity contribution in [1.29, 1.82) is 0 Å². The summed E-state index contributed by atoms with van der Waals surface area (Å²) in [4.78, 5) is 40.0. The first kappa shape index (κ1) is 35.6. The van der Waals surface area contributed by atoms with Gasteiger partial charge in [0.25, 0.3) is 0 Å². The molecule has 3 amide bonds. The smallest absolute Gasteiger partial charge is 0.338 e. The minimum atomic E-state index is -1.36. The van der Waals surface area contributed by atoms with Crippen molar-refractivity contribution < 1.29 is 27.9 Å². The number of ether oxygens (including phenoxy) is 1. The van der Waals surface area contributed by atoms with Crippen molar-refractivity contribution in [3.63, 3.8) is 0 Å². The van der Waals surface area contributed by atoms with Crippen LogP contribution in [-0.2, 0) is 20.9 Å². The molecule has 5 N–H and O–H groups in total. The van der Waals surface area contributed by atoms with E-state index in [0.29, 0.717) is 18.5 Å². The van der Waals surface area contributed by atoms with Crippen molar-refractivity contribution >= 4 is 46.2 Å². The number of nitrogens with zero attached hydrogens (tertiary/aromatic N) is 1. The van der Waals surface area contributed by atoms with Crippen LogP contribution in [0.4, 0.5) is 19.3 Å². The van der Waals surface area contributed by atoms with Crippen molar-refractivity contribution in [1.82, 2.24) is 15.5 Å². The fraction of sp³-hybridized carbons (Fsp3) is 0.286.